The third-order valence-electron chi connectivity index (χ3n) is 2.75. The van der Waals surface area contributed by atoms with E-state index in [2.05, 4.69) is 29.5 Å². The Hall–Kier alpha value is -2.28. The van der Waals surface area contributed by atoms with Gasteiger partial charge in [-0.25, -0.2) is 0 Å². The van der Waals surface area contributed by atoms with Crippen LogP contribution in [0.4, 0.5) is 5.69 Å². The summed E-state index contributed by atoms with van der Waals surface area (Å²) in [4.78, 5) is 0. The summed E-state index contributed by atoms with van der Waals surface area (Å²) in [6, 6.07) is 11.7. The Morgan fingerprint density at radius 1 is 1.39 bits per heavy atom. The Labute approximate surface area is 107 Å². The van der Waals surface area contributed by atoms with Crippen molar-refractivity contribution in [1.29, 1.82) is 5.26 Å². The highest BCUT2D eigenvalue weighted by Gasteiger charge is 2.03. The van der Waals surface area contributed by atoms with Crippen LogP contribution in [0.15, 0.2) is 30.3 Å². The van der Waals surface area contributed by atoms with Crippen molar-refractivity contribution in [3.8, 4) is 6.07 Å². The summed E-state index contributed by atoms with van der Waals surface area (Å²) in [5.74, 6) is 0. The Balaban J connectivity index is 2.09. The van der Waals surface area contributed by atoms with Gasteiger partial charge in [0.25, 0.3) is 0 Å². The summed E-state index contributed by atoms with van der Waals surface area (Å²) in [5, 5.41) is 16.6. The molecule has 92 valence electrons. The number of hydrogen-bond donors (Lipinski definition) is 1. The number of aromatic nitrogens is 2. The number of benzene rings is 1. The molecule has 2 aromatic rings. The molecule has 0 unspecified atom stereocenters. The number of nitrogens with zero attached hydrogens (tertiary/aromatic N) is 3. The van der Waals surface area contributed by atoms with Crippen molar-refractivity contribution in [3.05, 3.63) is 47.3 Å². The predicted molar refractivity (Wildman–Crippen MR) is 71.1 cm³/mol. The lowest BCUT2D eigenvalue weighted by Gasteiger charge is -2.08. The monoisotopic (exact) mass is 240 g/mol. The van der Waals surface area contributed by atoms with Gasteiger partial charge in [-0.05, 0) is 38.1 Å². The zero-order valence-electron chi connectivity index (χ0n) is 10.6. The first kappa shape index (κ1) is 12.2. The van der Waals surface area contributed by atoms with Crippen LogP contribution in [0.1, 0.15) is 23.9 Å². The maximum Gasteiger partial charge on any atom is 0.0992 e. The third-order valence-corrected chi connectivity index (χ3v) is 2.75. The molecule has 0 spiro atoms. The lowest BCUT2D eigenvalue weighted by Crippen LogP contribution is -2.07. The quantitative estimate of drug-likeness (QED) is 0.894. The average molecular weight is 240 g/mol. The molecule has 1 N–H and O–H groups in total. The van der Waals surface area contributed by atoms with Gasteiger partial charge in [0.1, 0.15) is 0 Å². The molecule has 0 aliphatic carbocycles. The molecule has 0 fully saturated rings. The Bertz CT molecular complexity index is 578. The number of aryl methyl sites for hydroxylation is 2. The standard InChI is InChI=1S/C14H16N4/c1-3-18-14(7-11(2)17-18)10-16-13-6-4-5-12(8-13)9-15/h4-8,16H,3,10H2,1-2H3. The van der Waals surface area contributed by atoms with E-state index in [4.69, 9.17) is 5.26 Å². The Morgan fingerprint density at radius 2 is 2.22 bits per heavy atom. The molecule has 2 rings (SSSR count). The topological polar surface area (TPSA) is 53.6 Å². The summed E-state index contributed by atoms with van der Waals surface area (Å²) < 4.78 is 1.98. The van der Waals surface area contributed by atoms with E-state index in [1.165, 1.54) is 0 Å². The fraction of sp³-hybridized carbons (Fsp3) is 0.286. The molecule has 4 nitrogen and oxygen atoms in total. The maximum absolute atomic E-state index is 8.84. The molecule has 0 amide bonds. The van der Waals surface area contributed by atoms with Gasteiger partial charge in [0.2, 0.25) is 0 Å². The largest absolute Gasteiger partial charge is 0.379 e. The number of rotatable bonds is 4. The van der Waals surface area contributed by atoms with E-state index in [1.807, 2.05) is 29.8 Å². The molecule has 0 saturated carbocycles. The number of nitrogens with one attached hydrogen (secondary N) is 1. The Morgan fingerprint density at radius 3 is 2.94 bits per heavy atom. The molecule has 1 aromatic carbocycles. The Kier molecular flexibility index (Phi) is 3.63. The van der Waals surface area contributed by atoms with Crippen molar-refractivity contribution in [2.75, 3.05) is 5.32 Å². The van der Waals surface area contributed by atoms with Gasteiger partial charge in [-0.2, -0.15) is 10.4 Å². The number of anilines is 1. The average Bonchev–Trinajstić information content (AvgIpc) is 2.77. The second-order valence-electron chi connectivity index (χ2n) is 4.14. The van der Waals surface area contributed by atoms with Crippen molar-refractivity contribution >= 4 is 5.69 Å². The summed E-state index contributed by atoms with van der Waals surface area (Å²) in [7, 11) is 0. The van der Waals surface area contributed by atoms with Crippen LogP contribution in [0.5, 0.6) is 0 Å². The van der Waals surface area contributed by atoms with Gasteiger partial charge in [-0.1, -0.05) is 6.07 Å². The van der Waals surface area contributed by atoms with Crippen LogP contribution in [0.25, 0.3) is 0 Å². The van der Waals surface area contributed by atoms with E-state index in [0.717, 1.165) is 23.6 Å². The van der Waals surface area contributed by atoms with E-state index in [-0.39, 0.29) is 0 Å². The van der Waals surface area contributed by atoms with Gasteiger partial charge in [-0.15, -0.1) is 0 Å². The zero-order chi connectivity index (χ0) is 13.0. The van der Waals surface area contributed by atoms with E-state index in [0.29, 0.717) is 12.1 Å². The lowest BCUT2D eigenvalue weighted by atomic mass is 10.2. The molecule has 4 heteroatoms. The minimum atomic E-state index is 0.667. The van der Waals surface area contributed by atoms with Gasteiger partial charge < -0.3 is 5.32 Å². The fourth-order valence-corrected chi connectivity index (χ4v) is 1.91. The first-order valence-corrected chi connectivity index (χ1v) is 6.00. The minimum Gasteiger partial charge on any atom is -0.379 e. The molecule has 0 aliphatic rings. The smallest absolute Gasteiger partial charge is 0.0992 e. The van der Waals surface area contributed by atoms with Crippen LogP contribution in [-0.2, 0) is 13.1 Å². The van der Waals surface area contributed by atoms with Crippen molar-refractivity contribution in [1.82, 2.24) is 9.78 Å². The minimum absolute atomic E-state index is 0.667. The van der Waals surface area contributed by atoms with E-state index in [9.17, 15) is 0 Å². The highest BCUT2D eigenvalue weighted by molar-refractivity contribution is 5.49. The van der Waals surface area contributed by atoms with Crippen LogP contribution in [0.2, 0.25) is 0 Å². The van der Waals surface area contributed by atoms with Gasteiger partial charge >= 0.3 is 0 Å². The molecule has 0 atom stereocenters. The molecular formula is C14H16N4. The van der Waals surface area contributed by atoms with Crippen LogP contribution >= 0.6 is 0 Å². The third kappa shape index (κ3) is 2.69. The summed E-state index contributed by atoms with van der Waals surface area (Å²) >= 11 is 0. The first-order valence-electron chi connectivity index (χ1n) is 6.00. The second-order valence-corrected chi connectivity index (χ2v) is 4.14. The predicted octanol–water partition coefficient (Wildman–Crippen LogP) is 2.70. The summed E-state index contributed by atoms with van der Waals surface area (Å²) in [5.41, 5.74) is 3.80. The second kappa shape index (κ2) is 5.37. The van der Waals surface area contributed by atoms with Crippen LogP contribution < -0.4 is 5.32 Å². The molecule has 18 heavy (non-hydrogen) atoms. The van der Waals surface area contributed by atoms with Crippen LogP contribution in [0.3, 0.4) is 0 Å². The first-order chi connectivity index (χ1) is 8.72. The van der Waals surface area contributed by atoms with E-state index >= 15 is 0 Å². The van der Waals surface area contributed by atoms with Crippen molar-refractivity contribution in [2.24, 2.45) is 0 Å². The van der Waals surface area contributed by atoms with E-state index in [1.54, 1.807) is 6.07 Å². The SMILES string of the molecule is CCn1nc(C)cc1CNc1cccc(C#N)c1. The van der Waals surface area contributed by atoms with Gasteiger partial charge in [0.15, 0.2) is 0 Å². The molecule has 1 heterocycles. The van der Waals surface area contributed by atoms with Crippen LogP contribution in [-0.4, -0.2) is 9.78 Å². The van der Waals surface area contributed by atoms with Gasteiger partial charge in [0.05, 0.1) is 29.6 Å². The maximum atomic E-state index is 8.84. The number of nitriles is 1. The molecule has 0 bridgehead atoms. The molecular weight excluding hydrogens is 224 g/mol. The summed E-state index contributed by atoms with van der Waals surface area (Å²) in [6.45, 7) is 5.64. The van der Waals surface area contributed by atoms with Crippen molar-refractivity contribution < 1.29 is 0 Å². The highest BCUT2D eigenvalue weighted by Crippen LogP contribution is 2.12. The van der Waals surface area contributed by atoms with Crippen molar-refractivity contribution in [3.63, 3.8) is 0 Å². The zero-order valence-corrected chi connectivity index (χ0v) is 10.6. The molecule has 1 aromatic heterocycles. The lowest BCUT2D eigenvalue weighted by molar-refractivity contribution is 0.623. The normalized spacial score (nSPS) is 10.1. The van der Waals surface area contributed by atoms with Gasteiger partial charge in [0, 0.05) is 12.2 Å². The molecule has 0 radical (unpaired) electrons. The molecule has 0 saturated heterocycles. The fourth-order valence-electron chi connectivity index (χ4n) is 1.91. The van der Waals surface area contributed by atoms with Crippen molar-refractivity contribution in [2.45, 2.75) is 26.9 Å². The number of hydrogen-bond acceptors (Lipinski definition) is 3. The van der Waals surface area contributed by atoms with E-state index < -0.39 is 0 Å². The van der Waals surface area contributed by atoms with Gasteiger partial charge in [-0.3, -0.25) is 4.68 Å². The summed E-state index contributed by atoms with van der Waals surface area (Å²) in [6.07, 6.45) is 0. The van der Waals surface area contributed by atoms with Crippen LogP contribution in [0, 0.1) is 18.3 Å². The molecule has 0 aliphatic heterocycles. The highest BCUT2D eigenvalue weighted by atomic mass is 15.3.